The van der Waals surface area contributed by atoms with Crippen molar-refractivity contribution in [3.63, 3.8) is 0 Å². The van der Waals surface area contributed by atoms with Crippen LogP contribution in [0.1, 0.15) is 18.1 Å². The number of amides is 2. The van der Waals surface area contributed by atoms with Crippen LogP contribution in [0.25, 0.3) is 5.69 Å². The number of hydrogen-bond donors (Lipinski definition) is 2. The Morgan fingerprint density at radius 3 is 2.68 bits per heavy atom. The molecule has 0 bridgehead atoms. The first-order valence-electron chi connectivity index (χ1n) is 8.64. The number of carbonyl (C=O) groups is 2. The van der Waals surface area contributed by atoms with Gasteiger partial charge in [-0.3, -0.25) is 9.59 Å². The number of hydrogen-bond acceptors (Lipinski definition) is 7. The van der Waals surface area contributed by atoms with Crippen LogP contribution in [0.4, 0.5) is 5.82 Å². The van der Waals surface area contributed by atoms with Crippen LogP contribution < -0.4 is 10.6 Å². The third-order valence-electron chi connectivity index (χ3n) is 3.82. The predicted octanol–water partition coefficient (Wildman–Crippen LogP) is 1.97. The Morgan fingerprint density at radius 1 is 1.21 bits per heavy atom. The van der Waals surface area contributed by atoms with Gasteiger partial charge in [-0.05, 0) is 31.7 Å². The molecule has 0 aliphatic heterocycles. The first-order chi connectivity index (χ1) is 13.6. The molecule has 3 rings (SSSR count). The van der Waals surface area contributed by atoms with Gasteiger partial charge >= 0.3 is 11.8 Å². The number of benzene rings is 1. The van der Waals surface area contributed by atoms with Gasteiger partial charge in [0, 0.05) is 13.0 Å². The first kappa shape index (κ1) is 19.6. The lowest BCUT2D eigenvalue weighted by atomic mass is 10.3. The molecular formula is C18H20N6O3S. The highest BCUT2D eigenvalue weighted by molar-refractivity contribution is 7.98. The third-order valence-corrected chi connectivity index (χ3v) is 4.56. The lowest BCUT2D eigenvalue weighted by Crippen LogP contribution is -2.36. The summed E-state index contributed by atoms with van der Waals surface area (Å²) in [6, 6.07) is 9.37. The highest BCUT2D eigenvalue weighted by Crippen LogP contribution is 2.27. The zero-order valence-electron chi connectivity index (χ0n) is 15.5. The Labute approximate surface area is 165 Å². The Bertz CT molecular complexity index is 953. The van der Waals surface area contributed by atoms with Crippen molar-refractivity contribution < 1.29 is 14.1 Å². The van der Waals surface area contributed by atoms with Gasteiger partial charge < -0.3 is 15.2 Å². The van der Waals surface area contributed by atoms with Crippen molar-refractivity contribution >= 4 is 29.4 Å². The molecule has 146 valence electrons. The average molecular weight is 400 g/mol. The van der Waals surface area contributed by atoms with E-state index in [1.165, 1.54) is 11.8 Å². The summed E-state index contributed by atoms with van der Waals surface area (Å²) in [7, 11) is 0. The molecular weight excluding hydrogens is 380 g/mol. The topological polar surface area (TPSA) is 115 Å². The van der Waals surface area contributed by atoms with Gasteiger partial charge in [0.25, 0.3) is 0 Å². The van der Waals surface area contributed by atoms with E-state index in [1.54, 1.807) is 17.8 Å². The summed E-state index contributed by atoms with van der Waals surface area (Å²) >= 11 is 1.43. The van der Waals surface area contributed by atoms with E-state index in [9.17, 15) is 9.59 Å². The summed E-state index contributed by atoms with van der Waals surface area (Å²) in [4.78, 5) is 29.3. The summed E-state index contributed by atoms with van der Waals surface area (Å²) < 4.78 is 6.60. The standard InChI is InChI=1S/C18H20N6O3S/c1-12-21-15(27-23-12)9-6-10-19-17(25)18(26)22-16-14(28-2)11-20-24(16)13-7-4-3-5-8-13/h3-5,7-8,11H,6,9-10H2,1-2H3,(H,19,25)(H,22,26). The van der Waals surface area contributed by atoms with Crippen molar-refractivity contribution in [2.75, 3.05) is 18.1 Å². The molecule has 0 fully saturated rings. The fraction of sp³-hybridized carbons (Fsp3) is 0.278. The van der Waals surface area contributed by atoms with Crippen molar-refractivity contribution in [2.45, 2.75) is 24.7 Å². The molecule has 1 aromatic carbocycles. The average Bonchev–Trinajstić information content (AvgIpc) is 3.31. The van der Waals surface area contributed by atoms with Crippen molar-refractivity contribution in [3.05, 3.63) is 48.2 Å². The van der Waals surface area contributed by atoms with E-state index in [2.05, 4.69) is 25.9 Å². The van der Waals surface area contributed by atoms with E-state index >= 15 is 0 Å². The SMILES string of the molecule is CSc1cnn(-c2ccccc2)c1NC(=O)C(=O)NCCCc1nc(C)no1. The summed E-state index contributed by atoms with van der Waals surface area (Å²) in [6.45, 7) is 2.06. The molecule has 0 saturated heterocycles. The molecule has 9 nitrogen and oxygen atoms in total. The highest BCUT2D eigenvalue weighted by Gasteiger charge is 2.19. The van der Waals surface area contributed by atoms with Crippen molar-refractivity contribution in [1.82, 2.24) is 25.2 Å². The molecule has 28 heavy (non-hydrogen) atoms. The summed E-state index contributed by atoms with van der Waals surface area (Å²) in [5.74, 6) is 0.0713. The van der Waals surface area contributed by atoms with Gasteiger partial charge in [-0.25, -0.2) is 4.68 Å². The van der Waals surface area contributed by atoms with Crippen LogP contribution in [0.2, 0.25) is 0 Å². The number of nitrogens with zero attached hydrogens (tertiary/aromatic N) is 4. The minimum Gasteiger partial charge on any atom is -0.348 e. The largest absolute Gasteiger partial charge is 0.348 e. The van der Waals surface area contributed by atoms with Gasteiger partial charge in [-0.2, -0.15) is 10.1 Å². The summed E-state index contributed by atoms with van der Waals surface area (Å²) in [5.41, 5.74) is 0.786. The van der Waals surface area contributed by atoms with Crippen molar-refractivity contribution in [2.24, 2.45) is 0 Å². The molecule has 0 radical (unpaired) electrons. The van der Waals surface area contributed by atoms with Gasteiger partial charge in [0.2, 0.25) is 5.89 Å². The monoisotopic (exact) mass is 400 g/mol. The lowest BCUT2D eigenvalue weighted by Gasteiger charge is -2.10. The van der Waals surface area contributed by atoms with E-state index in [0.29, 0.717) is 36.9 Å². The Hall–Kier alpha value is -3.14. The van der Waals surface area contributed by atoms with Crippen LogP contribution in [0.15, 0.2) is 45.9 Å². The van der Waals surface area contributed by atoms with Crippen LogP contribution in [-0.4, -0.2) is 44.5 Å². The van der Waals surface area contributed by atoms with E-state index in [-0.39, 0.29) is 0 Å². The maximum Gasteiger partial charge on any atom is 0.314 e. The van der Waals surface area contributed by atoms with Gasteiger partial charge in [-0.15, -0.1) is 11.8 Å². The highest BCUT2D eigenvalue weighted by atomic mass is 32.2. The number of nitrogens with one attached hydrogen (secondary N) is 2. The Morgan fingerprint density at radius 2 is 2.00 bits per heavy atom. The Balaban J connectivity index is 1.58. The molecule has 0 saturated carbocycles. The number of thioether (sulfide) groups is 1. The molecule has 0 unspecified atom stereocenters. The van der Waals surface area contributed by atoms with E-state index in [0.717, 1.165) is 10.6 Å². The fourth-order valence-electron chi connectivity index (χ4n) is 2.49. The van der Waals surface area contributed by atoms with Crippen LogP contribution in [-0.2, 0) is 16.0 Å². The van der Waals surface area contributed by atoms with E-state index in [1.807, 2.05) is 36.6 Å². The molecule has 2 N–H and O–H groups in total. The van der Waals surface area contributed by atoms with Crippen LogP contribution in [0.5, 0.6) is 0 Å². The number of para-hydroxylation sites is 1. The number of anilines is 1. The molecule has 3 aromatic rings. The maximum atomic E-state index is 12.3. The molecule has 2 amide bonds. The predicted molar refractivity (Wildman–Crippen MR) is 104 cm³/mol. The van der Waals surface area contributed by atoms with Crippen LogP contribution >= 0.6 is 11.8 Å². The van der Waals surface area contributed by atoms with Crippen LogP contribution in [0, 0.1) is 6.92 Å². The minimum atomic E-state index is -0.749. The zero-order valence-corrected chi connectivity index (χ0v) is 16.3. The number of aryl methyl sites for hydroxylation is 2. The quantitative estimate of drug-likeness (QED) is 0.354. The number of rotatable bonds is 7. The second-order valence-corrected chi connectivity index (χ2v) is 6.71. The third kappa shape index (κ3) is 4.77. The summed E-state index contributed by atoms with van der Waals surface area (Å²) in [5, 5.41) is 13.3. The van der Waals surface area contributed by atoms with E-state index < -0.39 is 11.8 Å². The molecule has 2 aromatic heterocycles. The fourth-order valence-corrected chi connectivity index (χ4v) is 2.97. The van der Waals surface area contributed by atoms with Gasteiger partial charge in [0.15, 0.2) is 11.6 Å². The molecule has 2 heterocycles. The smallest absolute Gasteiger partial charge is 0.314 e. The first-order valence-corrected chi connectivity index (χ1v) is 9.86. The van der Waals surface area contributed by atoms with Gasteiger partial charge in [0.05, 0.1) is 16.8 Å². The second kappa shape index (κ2) is 9.18. The summed E-state index contributed by atoms with van der Waals surface area (Å²) in [6.07, 6.45) is 4.64. The molecule has 0 aliphatic carbocycles. The normalized spacial score (nSPS) is 10.6. The minimum absolute atomic E-state index is 0.320. The zero-order chi connectivity index (χ0) is 19.9. The number of carbonyl (C=O) groups excluding carboxylic acids is 2. The van der Waals surface area contributed by atoms with Crippen LogP contribution in [0.3, 0.4) is 0 Å². The van der Waals surface area contributed by atoms with Gasteiger partial charge in [0.1, 0.15) is 0 Å². The van der Waals surface area contributed by atoms with Gasteiger partial charge in [-0.1, -0.05) is 23.4 Å². The molecule has 0 atom stereocenters. The Kier molecular flexibility index (Phi) is 6.43. The molecule has 0 aliphatic rings. The van der Waals surface area contributed by atoms with Crippen molar-refractivity contribution in [1.29, 1.82) is 0 Å². The molecule has 0 spiro atoms. The van der Waals surface area contributed by atoms with E-state index in [4.69, 9.17) is 4.52 Å². The maximum absolute atomic E-state index is 12.3. The van der Waals surface area contributed by atoms with Crippen molar-refractivity contribution in [3.8, 4) is 5.69 Å². The second-order valence-electron chi connectivity index (χ2n) is 5.86. The lowest BCUT2D eigenvalue weighted by molar-refractivity contribution is -0.136. The molecule has 10 heteroatoms. The number of aromatic nitrogens is 4.